The molecule has 80 valence electrons. The summed E-state index contributed by atoms with van der Waals surface area (Å²) in [5.74, 6) is 0.808. The highest BCUT2D eigenvalue weighted by Crippen LogP contribution is 2.22. The van der Waals surface area contributed by atoms with Crippen molar-refractivity contribution in [2.45, 2.75) is 13.8 Å². The Hall–Kier alpha value is -2.17. The number of aryl methyl sites for hydroxylation is 2. The third-order valence-electron chi connectivity index (χ3n) is 2.69. The molecule has 0 spiro atoms. The summed E-state index contributed by atoms with van der Waals surface area (Å²) in [6.07, 6.45) is 3.53. The molecule has 0 saturated carbocycles. The van der Waals surface area contributed by atoms with Gasteiger partial charge in [0.15, 0.2) is 5.65 Å². The summed E-state index contributed by atoms with van der Waals surface area (Å²) in [6, 6.07) is 1.96. The molecule has 0 bridgehead atoms. The molecule has 3 heterocycles. The zero-order chi connectivity index (χ0) is 11.1. The second-order valence-corrected chi connectivity index (χ2v) is 3.82. The quantitative estimate of drug-likeness (QED) is 0.649. The van der Waals surface area contributed by atoms with Crippen molar-refractivity contribution in [3.63, 3.8) is 0 Å². The number of imidazole rings is 1. The molecule has 0 aromatic carbocycles. The number of nitrogens with one attached hydrogen (secondary N) is 2. The number of aromatic nitrogens is 5. The average molecular weight is 213 g/mol. The van der Waals surface area contributed by atoms with E-state index >= 15 is 0 Å². The predicted molar refractivity (Wildman–Crippen MR) is 60.9 cm³/mol. The fourth-order valence-corrected chi connectivity index (χ4v) is 1.75. The lowest BCUT2D eigenvalue weighted by Gasteiger charge is -1.92. The van der Waals surface area contributed by atoms with Crippen molar-refractivity contribution in [2.75, 3.05) is 0 Å². The Balaban J connectivity index is 2.27. The number of aromatic amines is 2. The van der Waals surface area contributed by atoms with E-state index in [4.69, 9.17) is 0 Å². The Morgan fingerprint density at radius 1 is 1.25 bits per heavy atom. The van der Waals surface area contributed by atoms with Crippen molar-refractivity contribution >= 4 is 11.2 Å². The molecule has 0 unspecified atom stereocenters. The number of pyridine rings is 1. The second kappa shape index (κ2) is 3.16. The third kappa shape index (κ3) is 1.21. The van der Waals surface area contributed by atoms with Crippen LogP contribution in [0.1, 0.15) is 11.3 Å². The predicted octanol–water partition coefficient (Wildman–Crippen LogP) is 1.96. The molecule has 0 aliphatic carbocycles. The molecule has 0 aliphatic rings. The van der Waals surface area contributed by atoms with Gasteiger partial charge >= 0.3 is 0 Å². The molecule has 5 nitrogen and oxygen atoms in total. The molecular weight excluding hydrogens is 202 g/mol. The maximum atomic E-state index is 4.45. The van der Waals surface area contributed by atoms with Gasteiger partial charge in [-0.05, 0) is 25.5 Å². The first kappa shape index (κ1) is 9.08. The van der Waals surface area contributed by atoms with Gasteiger partial charge in [-0.2, -0.15) is 5.10 Å². The van der Waals surface area contributed by atoms with Crippen molar-refractivity contribution < 1.29 is 0 Å². The molecule has 2 N–H and O–H groups in total. The van der Waals surface area contributed by atoms with Gasteiger partial charge in [0.25, 0.3) is 0 Å². The van der Waals surface area contributed by atoms with Crippen LogP contribution in [0.25, 0.3) is 22.6 Å². The lowest BCUT2D eigenvalue weighted by Crippen LogP contribution is -1.80. The molecule has 0 amide bonds. The van der Waals surface area contributed by atoms with Crippen LogP contribution in [-0.2, 0) is 0 Å². The SMILES string of the molecule is Cc1[nH]ncc1-c1nc2nccc(C)c2[nH]1. The number of nitrogens with zero attached hydrogens (tertiary/aromatic N) is 3. The average Bonchev–Trinajstić information content (AvgIpc) is 2.84. The highest BCUT2D eigenvalue weighted by atomic mass is 15.1. The first-order valence-electron chi connectivity index (χ1n) is 5.07. The lowest BCUT2D eigenvalue weighted by molar-refractivity contribution is 1.05. The minimum absolute atomic E-state index is 0.746. The van der Waals surface area contributed by atoms with Gasteiger partial charge in [0.2, 0.25) is 0 Å². The summed E-state index contributed by atoms with van der Waals surface area (Å²) in [7, 11) is 0. The van der Waals surface area contributed by atoms with E-state index in [-0.39, 0.29) is 0 Å². The first-order chi connectivity index (χ1) is 7.75. The second-order valence-electron chi connectivity index (χ2n) is 3.82. The standard InChI is InChI=1S/C11H11N5/c1-6-3-4-12-11-9(6)14-10(15-11)8-5-13-16-7(8)2/h3-5H,1-2H3,(H,13,16)(H,12,14,15). The van der Waals surface area contributed by atoms with Gasteiger partial charge in [-0.3, -0.25) is 5.10 Å². The number of hydrogen-bond acceptors (Lipinski definition) is 3. The monoisotopic (exact) mass is 213 g/mol. The summed E-state index contributed by atoms with van der Waals surface area (Å²) in [4.78, 5) is 12.0. The normalized spacial score (nSPS) is 11.1. The van der Waals surface area contributed by atoms with Crippen molar-refractivity contribution in [2.24, 2.45) is 0 Å². The minimum Gasteiger partial charge on any atom is -0.336 e. The van der Waals surface area contributed by atoms with Crippen LogP contribution in [0.3, 0.4) is 0 Å². The van der Waals surface area contributed by atoms with Gasteiger partial charge in [-0.15, -0.1) is 0 Å². The molecular formula is C11H11N5. The zero-order valence-electron chi connectivity index (χ0n) is 9.07. The van der Waals surface area contributed by atoms with Crippen molar-refractivity contribution in [1.29, 1.82) is 0 Å². The van der Waals surface area contributed by atoms with Crippen molar-refractivity contribution in [1.82, 2.24) is 25.1 Å². The van der Waals surface area contributed by atoms with Gasteiger partial charge in [0, 0.05) is 11.9 Å². The highest BCUT2D eigenvalue weighted by Gasteiger charge is 2.10. The molecule has 0 aliphatic heterocycles. The maximum Gasteiger partial charge on any atom is 0.178 e. The Labute approximate surface area is 91.9 Å². The highest BCUT2D eigenvalue weighted by molar-refractivity contribution is 5.78. The Morgan fingerprint density at radius 2 is 2.12 bits per heavy atom. The Morgan fingerprint density at radius 3 is 2.81 bits per heavy atom. The van der Waals surface area contributed by atoms with Crippen LogP contribution in [0.4, 0.5) is 0 Å². The minimum atomic E-state index is 0.746. The molecule has 3 aromatic heterocycles. The van der Waals surface area contributed by atoms with Crippen LogP contribution in [0.15, 0.2) is 18.5 Å². The number of H-pyrrole nitrogens is 2. The van der Waals surface area contributed by atoms with Crippen LogP contribution < -0.4 is 0 Å². The van der Waals surface area contributed by atoms with E-state index in [1.165, 1.54) is 0 Å². The van der Waals surface area contributed by atoms with E-state index in [1.807, 2.05) is 19.9 Å². The van der Waals surface area contributed by atoms with Gasteiger partial charge in [-0.25, -0.2) is 9.97 Å². The van der Waals surface area contributed by atoms with E-state index in [0.717, 1.165) is 33.8 Å². The fraction of sp³-hybridized carbons (Fsp3) is 0.182. The number of fused-ring (bicyclic) bond motifs is 1. The summed E-state index contributed by atoms with van der Waals surface area (Å²) in [5, 5.41) is 6.88. The molecule has 0 saturated heterocycles. The zero-order valence-corrected chi connectivity index (χ0v) is 9.07. The Kier molecular flexibility index (Phi) is 1.80. The van der Waals surface area contributed by atoms with E-state index in [1.54, 1.807) is 12.4 Å². The molecule has 3 rings (SSSR count). The molecule has 3 aromatic rings. The van der Waals surface area contributed by atoms with Crippen molar-refractivity contribution in [3.05, 3.63) is 29.7 Å². The molecule has 16 heavy (non-hydrogen) atoms. The van der Waals surface area contributed by atoms with Crippen LogP contribution in [0, 0.1) is 13.8 Å². The van der Waals surface area contributed by atoms with E-state index in [0.29, 0.717) is 0 Å². The van der Waals surface area contributed by atoms with Crippen LogP contribution >= 0.6 is 0 Å². The molecule has 5 heteroatoms. The van der Waals surface area contributed by atoms with Crippen LogP contribution in [0.2, 0.25) is 0 Å². The van der Waals surface area contributed by atoms with E-state index < -0.39 is 0 Å². The summed E-state index contributed by atoms with van der Waals surface area (Å²) >= 11 is 0. The topological polar surface area (TPSA) is 70.2 Å². The van der Waals surface area contributed by atoms with Crippen molar-refractivity contribution in [3.8, 4) is 11.4 Å². The van der Waals surface area contributed by atoms with Crippen LogP contribution in [-0.4, -0.2) is 25.1 Å². The van der Waals surface area contributed by atoms with E-state index in [9.17, 15) is 0 Å². The third-order valence-corrected chi connectivity index (χ3v) is 2.69. The first-order valence-corrected chi connectivity index (χ1v) is 5.07. The van der Waals surface area contributed by atoms with Gasteiger partial charge < -0.3 is 4.98 Å². The smallest absolute Gasteiger partial charge is 0.178 e. The van der Waals surface area contributed by atoms with Gasteiger partial charge in [-0.1, -0.05) is 0 Å². The number of rotatable bonds is 1. The lowest BCUT2D eigenvalue weighted by atomic mass is 10.2. The van der Waals surface area contributed by atoms with Crippen LogP contribution in [0.5, 0.6) is 0 Å². The fourth-order valence-electron chi connectivity index (χ4n) is 1.75. The largest absolute Gasteiger partial charge is 0.336 e. The van der Waals surface area contributed by atoms with Gasteiger partial charge in [0.05, 0.1) is 17.3 Å². The van der Waals surface area contributed by atoms with Gasteiger partial charge in [0.1, 0.15) is 5.82 Å². The molecule has 0 fully saturated rings. The summed E-state index contributed by atoms with van der Waals surface area (Å²) in [6.45, 7) is 4.00. The Bertz CT molecular complexity index is 649. The molecule has 0 atom stereocenters. The van der Waals surface area contributed by atoms with E-state index in [2.05, 4.69) is 25.1 Å². The summed E-state index contributed by atoms with van der Waals surface area (Å²) in [5.41, 5.74) is 4.85. The molecule has 0 radical (unpaired) electrons. The summed E-state index contributed by atoms with van der Waals surface area (Å²) < 4.78 is 0. The maximum absolute atomic E-state index is 4.45. The number of hydrogen-bond donors (Lipinski definition) is 2.